The van der Waals surface area contributed by atoms with Crippen molar-refractivity contribution in [1.29, 1.82) is 0 Å². The summed E-state index contributed by atoms with van der Waals surface area (Å²) in [4.78, 5) is 8.75. The first-order chi connectivity index (χ1) is 8.04. The molecule has 0 unspecified atom stereocenters. The van der Waals surface area contributed by atoms with Crippen molar-refractivity contribution in [2.45, 2.75) is 19.9 Å². The summed E-state index contributed by atoms with van der Waals surface area (Å²) in [5.74, 6) is 0. The molecule has 1 aromatic heterocycles. The molecule has 0 aliphatic heterocycles. The Kier molecular flexibility index (Phi) is 5.38. The maximum Gasteiger partial charge on any atom is 0.0442 e. The minimum absolute atomic E-state index is 0.542. The summed E-state index contributed by atoms with van der Waals surface area (Å²) >= 11 is 0. The van der Waals surface area contributed by atoms with Crippen LogP contribution in [0.25, 0.3) is 0 Å². The van der Waals surface area contributed by atoms with E-state index in [-0.39, 0.29) is 0 Å². The third-order valence-corrected chi connectivity index (χ3v) is 2.83. The van der Waals surface area contributed by atoms with E-state index in [4.69, 9.17) is 5.73 Å². The summed E-state index contributed by atoms with van der Waals surface area (Å²) in [7, 11) is 6.31. The van der Waals surface area contributed by atoms with Gasteiger partial charge in [0, 0.05) is 43.3 Å². The molecule has 0 aliphatic rings. The third kappa shape index (κ3) is 4.32. The van der Waals surface area contributed by atoms with E-state index >= 15 is 0 Å². The second-order valence-electron chi connectivity index (χ2n) is 4.74. The summed E-state index contributed by atoms with van der Waals surface area (Å²) in [6.07, 6.45) is 3.03. The Balaban J connectivity index is 2.66. The van der Waals surface area contributed by atoms with Crippen molar-refractivity contribution in [2.24, 2.45) is 5.73 Å². The Morgan fingerprint density at radius 2 is 1.94 bits per heavy atom. The number of hydrogen-bond acceptors (Lipinski definition) is 4. The molecule has 4 heteroatoms. The molecule has 17 heavy (non-hydrogen) atoms. The van der Waals surface area contributed by atoms with E-state index < -0.39 is 0 Å². The van der Waals surface area contributed by atoms with E-state index in [1.165, 1.54) is 5.69 Å². The fourth-order valence-electron chi connectivity index (χ4n) is 1.83. The zero-order valence-corrected chi connectivity index (χ0v) is 11.4. The van der Waals surface area contributed by atoms with Gasteiger partial charge in [-0.1, -0.05) is 0 Å². The average molecular weight is 236 g/mol. The number of anilines is 1. The summed E-state index contributed by atoms with van der Waals surface area (Å²) < 4.78 is 0. The lowest BCUT2D eigenvalue weighted by atomic mass is 10.2. The molecule has 0 fully saturated rings. The van der Waals surface area contributed by atoms with Gasteiger partial charge in [-0.15, -0.1) is 0 Å². The fourth-order valence-corrected chi connectivity index (χ4v) is 1.83. The number of aryl methyl sites for hydroxylation is 1. The van der Waals surface area contributed by atoms with Gasteiger partial charge in [-0.25, -0.2) is 0 Å². The maximum atomic E-state index is 5.74. The van der Waals surface area contributed by atoms with E-state index in [1.807, 2.05) is 13.1 Å². The van der Waals surface area contributed by atoms with E-state index in [9.17, 15) is 0 Å². The minimum atomic E-state index is 0.542. The van der Waals surface area contributed by atoms with Crippen LogP contribution in [0.4, 0.5) is 5.69 Å². The molecular formula is C13H24N4. The molecule has 0 aromatic carbocycles. The van der Waals surface area contributed by atoms with Gasteiger partial charge in [-0.3, -0.25) is 4.98 Å². The second kappa shape index (κ2) is 6.57. The van der Waals surface area contributed by atoms with Crippen molar-refractivity contribution in [3.63, 3.8) is 0 Å². The van der Waals surface area contributed by atoms with Gasteiger partial charge in [-0.05, 0) is 40.1 Å². The standard InChI is InChI=1S/C13H24N4/c1-11-8-13(12(9-14)10-15-11)17(4)7-5-6-16(2)3/h8,10H,5-7,9,14H2,1-4H3. The first kappa shape index (κ1) is 13.9. The van der Waals surface area contributed by atoms with E-state index in [2.05, 4.69) is 42.0 Å². The van der Waals surface area contributed by atoms with Crippen LogP contribution in [-0.2, 0) is 6.54 Å². The van der Waals surface area contributed by atoms with Gasteiger partial charge in [0.1, 0.15) is 0 Å². The van der Waals surface area contributed by atoms with Crippen molar-refractivity contribution in [1.82, 2.24) is 9.88 Å². The number of aromatic nitrogens is 1. The van der Waals surface area contributed by atoms with E-state index in [1.54, 1.807) is 0 Å². The highest BCUT2D eigenvalue weighted by Gasteiger charge is 2.07. The first-order valence-corrected chi connectivity index (χ1v) is 6.06. The predicted octanol–water partition coefficient (Wildman–Crippen LogP) is 1.24. The lowest BCUT2D eigenvalue weighted by Crippen LogP contribution is -2.24. The van der Waals surface area contributed by atoms with Crippen molar-refractivity contribution < 1.29 is 0 Å². The Morgan fingerprint density at radius 1 is 1.24 bits per heavy atom. The van der Waals surface area contributed by atoms with Gasteiger partial charge in [0.2, 0.25) is 0 Å². The van der Waals surface area contributed by atoms with Crippen LogP contribution in [0.5, 0.6) is 0 Å². The Bertz CT molecular complexity index is 349. The zero-order chi connectivity index (χ0) is 12.8. The summed E-state index contributed by atoms with van der Waals surface area (Å²) in [6, 6.07) is 2.11. The quantitative estimate of drug-likeness (QED) is 0.807. The van der Waals surface area contributed by atoms with Crippen LogP contribution in [0.15, 0.2) is 12.3 Å². The highest BCUT2D eigenvalue weighted by Crippen LogP contribution is 2.19. The van der Waals surface area contributed by atoms with Crippen LogP contribution < -0.4 is 10.6 Å². The van der Waals surface area contributed by atoms with Crippen LogP contribution in [0.2, 0.25) is 0 Å². The summed E-state index contributed by atoms with van der Waals surface area (Å²) in [5.41, 5.74) is 9.10. The van der Waals surface area contributed by atoms with Gasteiger partial charge in [0.15, 0.2) is 0 Å². The Hall–Kier alpha value is -1.13. The smallest absolute Gasteiger partial charge is 0.0442 e. The molecule has 96 valence electrons. The van der Waals surface area contributed by atoms with Gasteiger partial charge in [-0.2, -0.15) is 0 Å². The number of hydrogen-bond donors (Lipinski definition) is 1. The van der Waals surface area contributed by atoms with Crippen LogP contribution in [-0.4, -0.2) is 44.1 Å². The minimum Gasteiger partial charge on any atom is -0.374 e. The van der Waals surface area contributed by atoms with Crippen molar-refractivity contribution in [2.75, 3.05) is 39.1 Å². The van der Waals surface area contributed by atoms with Gasteiger partial charge in [0.25, 0.3) is 0 Å². The predicted molar refractivity (Wildman–Crippen MR) is 73.3 cm³/mol. The average Bonchev–Trinajstić information content (AvgIpc) is 2.28. The summed E-state index contributed by atoms with van der Waals surface area (Å²) in [5, 5.41) is 0. The molecule has 0 atom stereocenters. The number of nitrogens with two attached hydrogens (primary N) is 1. The fraction of sp³-hybridized carbons (Fsp3) is 0.615. The molecule has 4 nitrogen and oxygen atoms in total. The molecule has 0 spiro atoms. The molecular weight excluding hydrogens is 212 g/mol. The van der Waals surface area contributed by atoms with Gasteiger partial charge >= 0.3 is 0 Å². The second-order valence-corrected chi connectivity index (χ2v) is 4.74. The lowest BCUT2D eigenvalue weighted by Gasteiger charge is -2.23. The summed E-state index contributed by atoms with van der Waals surface area (Å²) in [6.45, 7) is 4.69. The molecule has 0 saturated heterocycles. The lowest BCUT2D eigenvalue weighted by molar-refractivity contribution is 0.401. The highest BCUT2D eigenvalue weighted by molar-refractivity contribution is 5.52. The zero-order valence-electron chi connectivity index (χ0n) is 11.4. The van der Waals surface area contributed by atoms with Crippen molar-refractivity contribution in [3.8, 4) is 0 Å². The Morgan fingerprint density at radius 3 is 2.53 bits per heavy atom. The Labute approximate surface area is 104 Å². The van der Waals surface area contributed by atoms with E-state index in [0.29, 0.717) is 6.54 Å². The van der Waals surface area contributed by atoms with Gasteiger partial charge < -0.3 is 15.5 Å². The van der Waals surface area contributed by atoms with Crippen LogP contribution in [0.1, 0.15) is 17.7 Å². The normalized spacial score (nSPS) is 10.9. The number of pyridine rings is 1. The van der Waals surface area contributed by atoms with Crippen LogP contribution in [0.3, 0.4) is 0 Å². The SMILES string of the molecule is Cc1cc(N(C)CCCN(C)C)c(CN)cn1. The number of rotatable bonds is 6. The molecule has 0 amide bonds. The first-order valence-electron chi connectivity index (χ1n) is 6.06. The molecule has 1 aromatic rings. The van der Waals surface area contributed by atoms with Gasteiger partial charge in [0.05, 0.1) is 0 Å². The van der Waals surface area contributed by atoms with Crippen molar-refractivity contribution in [3.05, 3.63) is 23.5 Å². The topological polar surface area (TPSA) is 45.4 Å². The largest absolute Gasteiger partial charge is 0.374 e. The molecule has 0 radical (unpaired) electrons. The molecule has 0 aliphatic carbocycles. The molecule has 0 saturated carbocycles. The van der Waals surface area contributed by atoms with Crippen LogP contribution in [0, 0.1) is 6.92 Å². The monoisotopic (exact) mass is 236 g/mol. The van der Waals surface area contributed by atoms with E-state index in [0.717, 1.165) is 30.8 Å². The molecule has 2 N–H and O–H groups in total. The van der Waals surface area contributed by atoms with Crippen LogP contribution >= 0.6 is 0 Å². The molecule has 0 bridgehead atoms. The molecule has 1 rings (SSSR count). The molecule has 1 heterocycles. The maximum absolute atomic E-state index is 5.74. The van der Waals surface area contributed by atoms with Crippen molar-refractivity contribution >= 4 is 5.69 Å². The number of nitrogens with zero attached hydrogens (tertiary/aromatic N) is 3. The third-order valence-electron chi connectivity index (χ3n) is 2.83. The highest BCUT2D eigenvalue weighted by atomic mass is 15.1.